The number of unbranched alkanes of at least 4 members (excludes halogenated alkanes) is 1. The number of hydrogen-bond acceptors (Lipinski definition) is 2. The van der Waals surface area contributed by atoms with Crippen LogP contribution in [0.1, 0.15) is 42.0 Å². The van der Waals surface area contributed by atoms with Gasteiger partial charge in [-0.1, -0.05) is 67.9 Å². The van der Waals surface area contributed by atoms with Crippen molar-refractivity contribution in [3.63, 3.8) is 0 Å². The van der Waals surface area contributed by atoms with Crippen LogP contribution in [0.15, 0.2) is 78.9 Å². The van der Waals surface area contributed by atoms with E-state index < -0.39 is 6.61 Å². The number of benzene rings is 4. The Morgan fingerprint density at radius 2 is 1.31 bits per heavy atom. The molecule has 36 heavy (non-hydrogen) atoms. The molecule has 0 N–H and O–H groups in total. The van der Waals surface area contributed by atoms with E-state index in [0.717, 1.165) is 49.0 Å². The van der Waals surface area contributed by atoms with Crippen LogP contribution in [0.25, 0.3) is 10.8 Å². The normalized spacial score (nSPS) is 11.2. The summed E-state index contributed by atoms with van der Waals surface area (Å²) in [5, 5.41) is 1.51. The minimum absolute atomic E-state index is 0.120. The summed E-state index contributed by atoms with van der Waals surface area (Å²) in [5.74, 6) is 0.826. The Labute approximate surface area is 210 Å². The first-order chi connectivity index (χ1) is 17.5. The maximum Gasteiger partial charge on any atom is 0.387 e. The lowest BCUT2D eigenvalue weighted by atomic mass is 9.97. The van der Waals surface area contributed by atoms with Gasteiger partial charge in [-0.15, -0.1) is 0 Å². The molecule has 0 atom stereocenters. The molecular weight excluding hydrogens is 461 g/mol. The van der Waals surface area contributed by atoms with Crippen LogP contribution in [0.3, 0.4) is 0 Å². The van der Waals surface area contributed by atoms with Crippen molar-refractivity contribution >= 4 is 10.8 Å². The Bertz CT molecular complexity index is 1250. The number of fused-ring (bicyclic) bond motifs is 1. The molecule has 0 bridgehead atoms. The third-order valence-electron chi connectivity index (χ3n) is 6.32. The van der Waals surface area contributed by atoms with E-state index in [1.807, 2.05) is 36.4 Å². The summed E-state index contributed by atoms with van der Waals surface area (Å²) in [7, 11) is 0. The van der Waals surface area contributed by atoms with Gasteiger partial charge in [-0.05, 0) is 84.0 Å². The second-order valence-corrected chi connectivity index (χ2v) is 8.96. The molecule has 0 unspecified atom stereocenters. The van der Waals surface area contributed by atoms with E-state index >= 15 is 4.39 Å². The van der Waals surface area contributed by atoms with Crippen LogP contribution >= 0.6 is 0 Å². The van der Waals surface area contributed by atoms with E-state index in [0.29, 0.717) is 23.8 Å². The van der Waals surface area contributed by atoms with Crippen LogP contribution < -0.4 is 9.47 Å². The third kappa shape index (κ3) is 7.03. The number of halogens is 3. The number of hydrogen-bond donors (Lipinski definition) is 0. The smallest absolute Gasteiger partial charge is 0.387 e. The van der Waals surface area contributed by atoms with Crippen molar-refractivity contribution in [2.45, 2.75) is 52.1 Å². The average molecular weight is 493 g/mol. The number of alkyl halides is 2. The van der Waals surface area contributed by atoms with E-state index in [4.69, 9.17) is 4.74 Å². The van der Waals surface area contributed by atoms with E-state index in [9.17, 15) is 8.78 Å². The molecule has 0 aliphatic heterocycles. The van der Waals surface area contributed by atoms with Gasteiger partial charge in [-0.2, -0.15) is 8.78 Å². The molecule has 5 heteroatoms. The van der Waals surface area contributed by atoms with Crippen molar-refractivity contribution < 1.29 is 22.6 Å². The molecule has 188 valence electrons. The van der Waals surface area contributed by atoms with Crippen molar-refractivity contribution in [2.75, 3.05) is 6.61 Å². The first kappa shape index (κ1) is 25.6. The lowest BCUT2D eigenvalue weighted by molar-refractivity contribution is -0.0498. The minimum atomic E-state index is -2.84. The summed E-state index contributed by atoms with van der Waals surface area (Å²) in [6.07, 6.45) is 5.09. The second-order valence-electron chi connectivity index (χ2n) is 8.96. The van der Waals surface area contributed by atoms with Crippen molar-refractivity contribution in [1.29, 1.82) is 0 Å². The second kappa shape index (κ2) is 12.5. The summed E-state index contributed by atoms with van der Waals surface area (Å²) in [6, 6.07) is 24.5. The molecule has 0 fully saturated rings. The Kier molecular flexibility index (Phi) is 8.88. The standard InChI is InChI=1S/C31H31F3O2/c1-2-3-20-35-27-15-7-22(8-16-27)4-5-24-11-19-29-26(21-24)14-13-25(30(29)32)12-6-23-9-17-28(18-10-23)36-31(33)34/h7-11,13-19,21,31H,2-6,12,20H2,1H3. The Hall–Kier alpha value is -3.47. The van der Waals surface area contributed by atoms with Gasteiger partial charge in [-0.3, -0.25) is 0 Å². The summed E-state index contributed by atoms with van der Waals surface area (Å²) in [6.45, 7) is 0.0512. The van der Waals surface area contributed by atoms with Gasteiger partial charge in [0.15, 0.2) is 0 Å². The third-order valence-corrected chi connectivity index (χ3v) is 6.32. The first-order valence-electron chi connectivity index (χ1n) is 12.5. The van der Waals surface area contributed by atoms with Gasteiger partial charge < -0.3 is 9.47 Å². The lowest BCUT2D eigenvalue weighted by Crippen LogP contribution is -2.02. The maximum atomic E-state index is 15.2. The topological polar surface area (TPSA) is 18.5 Å². The molecule has 0 spiro atoms. The summed E-state index contributed by atoms with van der Waals surface area (Å²) < 4.78 is 49.9. The maximum absolute atomic E-state index is 15.2. The number of aryl methyl sites for hydroxylation is 4. The van der Waals surface area contributed by atoms with Crippen molar-refractivity contribution in [1.82, 2.24) is 0 Å². The molecule has 0 saturated carbocycles. The van der Waals surface area contributed by atoms with E-state index in [1.54, 1.807) is 12.1 Å². The van der Waals surface area contributed by atoms with Gasteiger partial charge >= 0.3 is 6.61 Å². The van der Waals surface area contributed by atoms with E-state index in [1.165, 1.54) is 23.3 Å². The molecular formula is C31H31F3O2. The fourth-order valence-electron chi connectivity index (χ4n) is 4.23. The Balaban J connectivity index is 1.35. The largest absolute Gasteiger partial charge is 0.494 e. The van der Waals surface area contributed by atoms with Gasteiger partial charge in [0.2, 0.25) is 0 Å². The highest BCUT2D eigenvalue weighted by molar-refractivity contribution is 5.84. The quantitative estimate of drug-likeness (QED) is 0.185. The average Bonchev–Trinajstić information content (AvgIpc) is 2.88. The fourth-order valence-corrected chi connectivity index (χ4v) is 4.23. The van der Waals surface area contributed by atoms with Crippen LogP contribution in [0.4, 0.5) is 13.2 Å². The molecule has 0 aromatic heterocycles. The molecule has 4 aromatic carbocycles. The predicted molar refractivity (Wildman–Crippen MR) is 139 cm³/mol. The molecule has 0 saturated heterocycles. The monoisotopic (exact) mass is 492 g/mol. The van der Waals surface area contributed by atoms with Crippen molar-refractivity contribution in [2.24, 2.45) is 0 Å². The summed E-state index contributed by atoms with van der Waals surface area (Å²) in [4.78, 5) is 0. The molecule has 4 rings (SSSR count). The predicted octanol–water partition coefficient (Wildman–Crippen LogP) is 8.33. The zero-order chi connectivity index (χ0) is 25.3. The molecule has 0 aliphatic rings. The van der Waals surface area contributed by atoms with Gasteiger partial charge in [0, 0.05) is 5.39 Å². The van der Waals surface area contributed by atoms with Gasteiger partial charge in [0.25, 0.3) is 0 Å². The van der Waals surface area contributed by atoms with Gasteiger partial charge in [-0.25, -0.2) is 4.39 Å². The Morgan fingerprint density at radius 1 is 0.694 bits per heavy atom. The van der Waals surface area contributed by atoms with Crippen LogP contribution in [0.5, 0.6) is 11.5 Å². The molecule has 4 aromatic rings. The molecule has 0 aliphatic carbocycles. The highest BCUT2D eigenvalue weighted by Crippen LogP contribution is 2.25. The van der Waals surface area contributed by atoms with Crippen LogP contribution in [-0.2, 0) is 25.7 Å². The highest BCUT2D eigenvalue weighted by Gasteiger charge is 2.10. The van der Waals surface area contributed by atoms with Crippen LogP contribution in [-0.4, -0.2) is 13.2 Å². The number of ether oxygens (including phenoxy) is 2. The zero-order valence-electron chi connectivity index (χ0n) is 20.5. The zero-order valence-corrected chi connectivity index (χ0v) is 20.5. The SMILES string of the molecule is CCCCOc1ccc(CCc2ccc3c(F)c(CCc4ccc(OC(F)F)cc4)ccc3c2)cc1. The van der Waals surface area contributed by atoms with Crippen molar-refractivity contribution in [3.05, 3.63) is 107 Å². The summed E-state index contributed by atoms with van der Waals surface area (Å²) >= 11 is 0. The molecule has 0 amide bonds. The molecule has 0 radical (unpaired) electrons. The minimum Gasteiger partial charge on any atom is -0.494 e. The Morgan fingerprint density at radius 3 is 1.97 bits per heavy atom. The van der Waals surface area contributed by atoms with Crippen LogP contribution in [0, 0.1) is 5.82 Å². The first-order valence-corrected chi connectivity index (χ1v) is 12.5. The van der Waals surface area contributed by atoms with Crippen molar-refractivity contribution in [3.8, 4) is 11.5 Å². The highest BCUT2D eigenvalue weighted by atomic mass is 19.3. The van der Waals surface area contributed by atoms with Gasteiger partial charge in [0.05, 0.1) is 6.61 Å². The fraction of sp³-hybridized carbons (Fsp3) is 0.290. The lowest BCUT2D eigenvalue weighted by Gasteiger charge is -2.10. The van der Waals surface area contributed by atoms with Gasteiger partial charge in [0.1, 0.15) is 17.3 Å². The van der Waals surface area contributed by atoms with Crippen LogP contribution in [0.2, 0.25) is 0 Å². The number of rotatable bonds is 12. The van der Waals surface area contributed by atoms with E-state index in [-0.39, 0.29) is 11.6 Å². The molecule has 0 heterocycles. The molecule has 2 nitrogen and oxygen atoms in total. The van der Waals surface area contributed by atoms with E-state index in [2.05, 4.69) is 29.9 Å². The summed E-state index contributed by atoms with van der Waals surface area (Å²) in [5.41, 5.74) is 3.99.